The molecule has 0 saturated heterocycles. The first kappa shape index (κ1) is 29.2. The number of carbonyl (C=O) groups excluding carboxylic acids is 2. The van der Waals surface area contributed by atoms with E-state index in [1.165, 1.54) is 43.1 Å². The Labute approximate surface area is 234 Å². The lowest BCUT2D eigenvalue weighted by Crippen LogP contribution is -2.47. The molecule has 0 spiro atoms. The highest BCUT2D eigenvalue weighted by Gasteiger charge is 2.59. The van der Waals surface area contributed by atoms with Gasteiger partial charge in [0.2, 0.25) is 0 Å². The van der Waals surface area contributed by atoms with Crippen LogP contribution in [0.5, 0.6) is 11.5 Å². The summed E-state index contributed by atoms with van der Waals surface area (Å²) in [6.07, 6.45) is -5.11. The topological polar surface area (TPSA) is 85.3 Å². The van der Waals surface area contributed by atoms with Gasteiger partial charge >= 0.3 is 12.1 Å². The van der Waals surface area contributed by atoms with Crippen molar-refractivity contribution in [1.82, 2.24) is 0 Å². The number of halogens is 4. The van der Waals surface area contributed by atoms with Crippen LogP contribution in [0.1, 0.15) is 46.8 Å². The molecule has 0 aliphatic carbocycles. The predicted molar refractivity (Wildman–Crippen MR) is 142 cm³/mol. The summed E-state index contributed by atoms with van der Waals surface area (Å²) in [6, 6.07) is 14.3. The highest BCUT2D eigenvalue weighted by Crippen LogP contribution is 2.51. The number of benzene rings is 3. The Morgan fingerprint density at radius 3 is 2.48 bits per heavy atom. The van der Waals surface area contributed by atoms with E-state index in [1.807, 2.05) is 0 Å². The average molecular weight is 578 g/mol. The Morgan fingerprint density at radius 1 is 1.12 bits per heavy atom. The van der Waals surface area contributed by atoms with Crippen molar-refractivity contribution in [2.24, 2.45) is 0 Å². The maximum absolute atomic E-state index is 14.6. The fourth-order valence-electron chi connectivity index (χ4n) is 4.46. The monoisotopic (exact) mass is 577 g/mol. The van der Waals surface area contributed by atoms with Crippen LogP contribution in [0.2, 0.25) is 5.02 Å². The third kappa shape index (κ3) is 5.59. The van der Waals surface area contributed by atoms with Gasteiger partial charge in [-0.1, -0.05) is 36.7 Å². The number of hydrogen-bond donors (Lipinski definition) is 1. The summed E-state index contributed by atoms with van der Waals surface area (Å²) >= 11 is 6.33. The summed E-state index contributed by atoms with van der Waals surface area (Å²) in [5.41, 5.74) is -2.63. The molecule has 0 bridgehead atoms. The zero-order valence-corrected chi connectivity index (χ0v) is 22.7. The molecule has 1 aliphatic rings. The number of nitrogens with zero attached hydrogens (tertiary/aromatic N) is 1. The highest BCUT2D eigenvalue weighted by atomic mass is 35.5. The van der Waals surface area contributed by atoms with Gasteiger partial charge in [0, 0.05) is 18.0 Å². The molecule has 2 atom stereocenters. The number of carbonyl (C=O) groups is 2. The van der Waals surface area contributed by atoms with Crippen LogP contribution < -0.4 is 14.4 Å². The van der Waals surface area contributed by atoms with Crippen LogP contribution in [0.3, 0.4) is 0 Å². The molecule has 0 radical (unpaired) electrons. The van der Waals surface area contributed by atoms with Crippen molar-refractivity contribution < 1.29 is 42.1 Å². The molecule has 0 unspecified atom stereocenters. The number of hydrogen-bond acceptors (Lipinski definition) is 6. The van der Waals surface area contributed by atoms with Gasteiger partial charge in [-0.25, -0.2) is 4.79 Å². The molecule has 1 amide bonds. The Bertz CT molecular complexity index is 1410. The number of esters is 1. The number of ether oxygens (including phenoxy) is 3. The molecule has 1 aliphatic heterocycles. The van der Waals surface area contributed by atoms with E-state index < -0.39 is 35.1 Å². The van der Waals surface area contributed by atoms with Gasteiger partial charge < -0.3 is 24.2 Å². The molecule has 7 nitrogen and oxygen atoms in total. The Hall–Kier alpha value is -3.76. The summed E-state index contributed by atoms with van der Waals surface area (Å²) in [5, 5.41) is 11.3. The minimum Gasteiger partial charge on any atom is -0.489 e. The molecular formula is C29H27ClF3NO6. The van der Waals surface area contributed by atoms with Gasteiger partial charge in [0.25, 0.3) is 5.91 Å². The molecule has 212 valence electrons. The Kier molecular flexibility index (Phi) is 8.32. The van der Waals surface area contributed by atoms with E-state index in [2.05, 4.69) is 0 Å². The largest absolute Gasteiger partial charge is 0.489 e. The molecule has 0 aromatic heterocycles. The smallest absolute Gasteiger partial charge is 0.422 e. The average Bonchev–Trinajstić information content (AvgIpc) is 2.93. The molecule has 0 fully saturated rings. The number of likely N-dealkylation sites (N-methyl/N-ethyl adjacent to an activating group) is 1. The normalized spacial score (nSPS) is 15.5. The zero-order valence-electron chi connectivity index (χ0n) is 21.9. The van der Waals surface area contributed by atoms with Crippen LogP contribution in [-0.2, 0) is 21.7 Å². The number of anilines is 1. The maximum atomic E-state index is 14.6. The number of alkyl halides is 3. The first-order valence-corrected chi connectivity index (χ1v) is 12.8. The quantitative estimate of drug-likeness (QED) is 0.330. The Balaban J connectivity index is 1.62. The molecule has 1 N–H and O–H groups in total. The summed E-state index contributed by atoms with van der Waals surface area (Å²) in [7, 11) is 1.42. The second-order valence-electron chi connectivity index (χ2n) is 9.30. The number of aliphatic hydroxyl groups is 1. The van der Waals surface area contributed by atoms with Gasteiger partial charge in [-0.05, 0) is 66.1 Å². The zero-order chi connectivity index (χ0) is 29.2. The van der Waals surface area contributed by atoms with Crippen LogP contribution in [0, 0.1) is 0 Å². The van der Waals surface area contributed by atoms with Gasteiger partial charge in [0.1, 0.15) is 18.1 Å². The number of amides is 1. The van der Waals surface area contributed by atoms with Crippen molar-refractivity contribution in [3.63, 3.8) is 0 Å². The van der Waals surface area contributed by atoms with Gasteiger partial charge in [-0.3, -0.25) is 4.79 Å². The second-order valence-corrected chi connectivity index (χ2v) is 9.71. The lowest BCUT2D eigenvalue weighted by Gasteiger charge is -2.38. The van der Waals surface area contributed by atoms with Crippen LogP contribution in [0.15, 0.2) is 60.7 Å². The molecule has 0 saturated carbocycles. The number of fused-ring (bicyclic) bond motifs is 1. The Morgan fingerprint density at radius 2 is 1.82 bits per heavy atom. The second kappa shape index (κ2) is 11.4. The molecule has 1 heterocycles. The van der Waals surface area contributed by atoms with E-state index in [0.717, 1.165) is 12.1 Å². The standard InChI is InChI=1S/C29H27ClF3NO6/c1-4-38-27(36)19-7-5-18(6-8-19)15-39-21-10-11-23(30)22(14-21)17(2)28(37,29(31,32)33)20-9-12-25-24(13-20)34(3)26(35)16-40-25/h5-14,17,37H,4,15-16H2,1-3H3/t17-,28-/m0/s1. The molecule has 11 heteroatoms. The van der Waals surface area contributed by atoms with Crippen LogP contribution in [0.4, 0.5) is 18.9 Å². The van der Waals surface area contributed by atoms with Crippen LogP contribution in [-0.4, -0.2) is 43.4 Å². The van der Waals surface area contributed by atoms with Crippen molar-refractivity contribution in [1.29, 1.82) is 0 Å². The van der Waals surface area contributed by atoms with Crippen molar-refractivity contribution in [3.8, 4) is 11.5 Å². The lowest BCUT2D eigenvalue weighted by molar-refractivity contribution is -0.274. The van der Waals surface area contributed by atoms with E-state index in [9.17, 15) is 27.9 Å². The summed E-state index contributed by atoms with van der Waals surface area (Å²) in [5.74, 6) is -2.00. The SMILES string of the molecule is CCOC(=O)c1ccc(COc2ccc(Cl)c([C@H](C)[C@](O)(c3ccc4c(c3)N(C)C(=O)CO4)C(F)(F)F)c2)cc1. The van der Waals surface area contributed by atoms with Crippen molar-refractivity contribution in [2.45, 2.75) is 38.1 Å². The molecule has 3 aromatic carbocycles. The van der Waals surface area contributed by atoms with Crippen molar-refractivity contribution in [2.75, 3.05) is 25.2 Å². The predicted octanol–water partition coefficient (Wildman–Crippen LogP) is 6.00. The minimum absolute atomic E-state index is 0.00917. The lowest BCUT2D eigenvalue weighted by atomic mass is 9.77. The third-order valence-electron chi connectivity index (χ3n) is 6.85. The van der Waals surface area contributed by atoms with Crippen LogP contribution >= 0.6 is 11.6 Å². The number of rotatable bonds is 8. The first-order valence-electron chi connectivity index (χ1n) is 12.4. The van der Waals surface area contributed by atoms with Gasteiger partial charge in [-0.2, -0.15) is 13.2 Å². The van der Waals surface area contributed by atoms with E-state index in [1.54, 1.807) is 31.2 Å². The molecule has 40 heavy (non-hydrogen) atoms. The first-order chi connectivity index (χ1) is 18.9. The summed E-state index contributed by atoms with van der Waals surface area (Å²) < 4.78 is 59.9. The van der Waals surface area contributed by atoms with Gasteiger partial charge in [0.05, 0.1) is 17.9 Å². The molecular weight excluding hydrogens is 551 g/mol. The highest BCUT2D eigenvalue weighted by molar-refractivity contribution is 6.31. The van der Waals surface area contributed by atoms with E-state index in [4.69, 9.17) is 25.8 Å². The van der Waals surface area contributed by atoms with E-state index in [0.29, 0.717) is 11.1 Å². The van der Waals surface area contributed by atoms with Crippen LogP contribution in [0.25, 0.3) is 0 Å². The summed E-state index contributed by atoms with van der Waals surface area (Å²) in [6.45, 7) is 3.01. The van der Waals surface area contributed by atoms with Crippen molar-refractivity contribution >= 4 is 29.2 Å². The summed E-state index contributed by atoms with van der Waals surface area (Å²) in [4.78, 5) is 25.1. The fourth-order valence-corrected chi connectivity index (χ4v) is 4.74. The van der Waals surface area contributed by atoms with Gasteiger partial charge in [0.15, 0.2) is 12.2 Å². The van der Waals surface area contributed by atoms with E-state index >= 15 is 0 Å². The van der Waals surface area contributed by atoms with Gasteiger partial charge in [-0.15, -0.1) is 0 Å². The minimum atomic E-state index is -5.11. The fraction of sp³-hybridized carbons (Fsp3) is 0.310. The molecule has 4 rings (SSSR count). The maximum Gasteiger partial charge on any atom is 0.422 e. The van der Waals surface area contributed by atoms with Crippen molar-refractivity contribution in [3.05, 3.63) is 87.9 Å². The van der Waals surface area contributed by atoms with E-state index in [-0.39, 0.29) is 47.6 Å². The molecule has 3 aromatic rings. The third-order valence-corrected chi connectivity index (χ3v) is 7.19.